The van der Waals surface area contributed by atoms with Gasteiger partial charge in [0, 0.05) is 20.9 Å². The lowest BCUT2D eigenvalue weighted by Gasteiger charge is -2.46. The Morgan fingerprint density at radius 1 is 0.770 bits per heavy atom. The quantitative estimate of drug-likeness (QED) is 0.0804. The second-order valence-corrected chi connectivity index (χ2v) is 28.0. The molecule has 0 fully saturated rings. The fraction of sp³-hybridized carbons (Fsp3) is 0.306. The molecule has 3 heterocycles. The highest BCUT2D eigenvalue weighted by Crippen LogP contribution is 2.46. The highest BCUT2D eigenvalue weighted by molar-refractivity contribution is 6.99. The van der Waals surface area contributed by atoms with E-state index in [1.807, 2.05) is 47.0 Å². The van der Waals surface area contributed by atoms with Gasteiger partial charge in [0.05, 0.1) is 18.3 Å². The van der Waals surface area contributed by atoms with E-state index in [2.05, 4.69) is 136 Å². The topological polar surface area (TPSA) is 105 Å². The number of aromatic nitrogens is 5. The lowest BCUT2D eigenvalue weighted by molar-refractivity contribution is 0.0867. The molecule has 61 heavy (non-hydrogen) atoms. The van der Waals surface area contributed by atoms with Crippen LogP contribution in [0.15, 0.2) is 145 Å². The van der Waals surface area contributed by atoms with E-state index in [-0.39, 0.29) is 29.6 Å². The molecule has 0 bridgehead atoms. The summed E-state index contributed by atoms with van der Waals surface area (Å²) < 4.78 is 23.7. The summed E-state index contributed by atoms with van der Waals surface area (Å²) >= 11 is 0. The highest BCUT2D eigenvalue weighted by atomic mass is 28.4. The largest absolute Gasteiger partial charge is 0.471 e. The number of nitrogens with one attached hydrogen (secondary N) is 1. The molecule has 0 spiro atoms. The highest BCUT2D eigenvalue weighted by Gasteiger charge is 2.52. The van der Waals surface area contributed by atoms with Crippen LogP contribution in [0.25, 0.3) is 11.2 Å². The first kappa shape index (κ1) is 42.0. The van der Waals surface area contributed by atoms with Crippen LogP contribution >= 0.6 is 0 Å². The van der Waals surface area contributed by atoms with Crippen LogP contribution in [0, 0.1) is 0 Å². The monoisotopic (exact) mass is 848 g/mol. The van der Waals surface area contributed by atoms with Crippen LogP contribution in [0.1, 0.15) is 62.4 Å². The summed E-state index contributed by atoms with van der Waals surface area (Å²) in [5.74, 6) is 0.751. The van der Waals surface area contributed by atoms with Crippen molar-refractivity contribution in [1.82, 2.24) is 24.1 Å². The Labute approximate surface area is 360 Å². The molecule has 1 aliphatic carbocycles. The van der Waals surface area contributed by atoms with Crippen LogP contribution in [0.4, 0.5) is 11.6 Å². The third kappa shape index (κ3) is 8.90. The van der Waals surface area contributed by atoms with Crippen LogP contribution in [0.5, 0.6) is 5.88 Å². The van der Waals surface area contributed by atoms with Gasteiger partial charge in [0.2, 0.25) is 11.8 Å². The third-order valence-electron chi connectivity index (χ3n) is 11.6. The molecule has 0 saturated heterocycles. The molecule has 0 amide bonds. The number of rotatable bonds is 15. The first-order chi connectivity index (χ1) is 29.4. The van der Waals surface area contributed by atoms with Gasteiger partial charge in [0.1, 0.15) is 24.5 Å². The molecular formula is C49H56N6O4Si2. The molecule has 4 aromatic carbocycles. The maximum atomic E-state index is 14.9. The molecule has 8 rings (SSSR count). The molecule has 0 aliphatic heterocycles. The Morgan fingerprint density at radius 3 is 2.07 bits per heavy atom. The Kier molecular flexibility index (Phi) is 12.2. The van der Waals surface area contributed by atoms with E-state index in [0.29, 0.717) is 54.7 Å². The molecular weight excluding hydrogens is 793 g/mol. The number of imidazole rings is 1. The van der Waals surface area contributed by atoms with Crippen LogP contribution in [-0.4, -0.2) is 47.1 Å². The molecule has 1 aliphatic rings. The predicted molar refractivity (Wildman–Crippen MR) is 249 cm³/mol. The Hall–Kier alpha value is -5.67. The molecule has 0 unspecified atom stereocenters. The summed E-state index contributed by atoms with van der Waals surface area (Å²) in [6.45, 7) is 14.9. The lowest BCUT2D eigenvalue weighted by atomic mass is 9.85. The zero-order chi connectivity index (χ0) is 42.6. The number of fused-ring (bicyclic) bond motifs is 2. The first-order valence-corrected chi connectivity index (χ1v) is 26.9. The number of hydrogen-bond donors (Lipinski definition) is 1. The number of hydrogen-bond acceptors (Lipinski definition) is 8. The zero-order valence-electron chi connectivity index (χ0n) is 36.0. The Balaban J connectivity index is 1.18. The molecule has 12 heteroatoms. The van der Waals surface area contributed by atoms with E-state index in [4.69, 9.17) is 23.9 Å². The molecule has 3 aromatic heterocycles. The Bertz CT molecular complexity index is 2590. The van der Waals surface area contributed by atoms with Gasteiger partial charge in [0.15, 0.2) is 5.65 Å². The number of nitrogens with zero attached hydrogens (tertiary/aromatic N) is 5. The van der Waals surface area contributed by atoms with Crippen molar-refractivity contribution in [3.8, 4) is 5.88 Å². The van der Waals surface area contributed by atoms with E-state index >= 15 is 0 Å². The van der Waals surface area contributed by atoms with Gasteiger partial charge in [-0.25, -0.2) is 14.8 Å². The van der Waals surface area contributed by atoms with Gasteiger partial charge in [-0.15, -0.1) is 0 Å². The van der Waals surface area contributed by atoms with Crippen molar-refractivity contribution in [3.05, 3.63) is 167 Å². The average molecular weight is 849 g/mol. The fourth-order valence-corrected chi connectivity index (χ4v) is 14.0. The molecule has 10 nitrogen and oxygen atoms in total. The average Bonchev–Trinajstić information content (AvgIpc) is 3.53. The van der Waals surface area contributed by atoms with Crippen molar-refractivity contribution in [1.29, 1.82) is 0 Å². The van der Waals surface area contributed by atoms with Crippen LogP contribution in [0.2, 0.25) is 30.7 Å². The van der Waals surface area contributed by atoms with E-state index in [0.717, 1.165) is 22.7 Å². The van der Waals surface area contributed by atoms with Gasteiger partial charge in [-0.1, -0.05) is 156 Å². The normalized spacial score (nSPS) is 15.7. The lowest BCUT2D eigenvalue weighted by Crippen LogP contribution is -2.67. The van der Waals surface area contributed by atoms with Gasteiger partial charge in [-0.2, -0.15) is 4.98 Å². The predicted octanol–water partition coefficient (Wildman–Crippen LogP) is 9.62. The molecule has 0 saturated carbocycles. The second-order valence-electron chi connectivity index (χ2n) is 18.1. The zero-order valence-corrected chi connectivity index (χ0v) is 38.0. The summed E-state index contributed by atoms with van der Waals surface area (Å²) in [7, 11) is -4.25. The van der Waals surface area contributed by atoms with Crippen LogP contribution < -0.4 is 26.1 Å². The third-order valence-corrected chi connectivity index (χ3v) is 18.4. The summed E-state index contributed by atoms with van der Waals surface area (Å²) in [6.07, 6.45) is 4.60. The maximum absolute atomic E-state index is 14.9. The number of ether oxygens (including phenoxy) is 2. The van der Waals surface area contributed by atoms with E-state index in [1.54, 1.807) is 17.0 Å². The number of pyridine rings is 1. The SMILES string of the molecule is CC(C)(C)[Si](O[C@@H]1CC[C@@H](n2c(=O)n(COCC[Si](C)(C)C)c3cnc(Nc4cccnc4OCc4ccccc4)nc32)c2ccccc21)(c1ccccc1)c1ccccc1. The molecule has 314 valence electrons. The van der Waals surface area contributed by atoms with Gasteiger partial charge in [-0.3, -0.25) is 9.13 Å². The van der Waals surface area contributed by atoms with E-state index < -0.39 is 16.4 Å². The van der Waals surface area contributed by atoms with Crippen molar-refractivity contribution >= 4 is 49.6 Å². The Morgan fingerprint density at radius 2 is 1.41 bits per heavy atom. The fourth-order valence-electron chi connectivity index (χ4n) is 8.53. The van der Waals surface area contributed by atoms with Crippen molar-refractivity contribution in [2.45, 2.75) is 89.8 Å². The van der Waals surface area contributed by atoms with Gasteiger partial charge >= 0.3 is 5.69 Å². The first-order valence-electron chi connectivity index (χ1n) is 21.2. The summed E-state index contributed by atoms with van der Waals surface area (Å²) in [4.78, 5) is 29.2. The summed E-state index contributed by atoms with van der Waals surface area (Å²) in [6, 6.07) is 44.4. The summed E-state index contributed by atoms with van der Waals surface area (Å²) in [5, 5.41) is 5.63. The number of benzene rings is 4. The smallest absolute Gasteiger partial charge is 0.332 e. The minimum absolute atomic E-state index is 0.108. The number of anilines is 2. The summed E-state index contributed by atoms with van der Waals surface area (Å²) in [5.41, 5.74) is 4.74. The standard InChI is InChI=1S/C49H56N6O4Si2/c1-49(2,3)61(37-21-12-8-13-22-37,38-23-14-9-15-24-38)59-44-29-28-42(39-25-16-17-26-40(39)44)55-45-43(54(48(55)56)35-57-31-32-60(4,5)6)33-51-47(53-45)52-41-27-18-30-50-46(41)58-34-36-19-10-7-11-20-36/h7-27,30,33,42,44H,28-29,31-32,34-35H2,1-6H3,(H,51,52,53)/t42-,44-/m1/s1. The van der Waals surface area contributed by atoms with Gasteiger partial charge < -0.3 is 19.2 Å². The van der Waals surface area contributed by atoms with E-state index in [9.17, 15) is 4.79 Å². The van der Waals surface area contributed by atoms with Crippen molar-refractivity contribution < 1.29 is 13.9 Å². The minimum atomic E-state index is -2.89. The van der Waals surface area contributed by atoms with Gasteiger partial charge in [0.25, 0.3) is 8.32 Å². The maximum Gasteiger partial charge on any atom is 0.332 e. The van der Waals surface area contributed by atoms with Crippen molar-refractivity contribution in [3.63, 3.8) is 0 Å². The molecule has 7 aromatic rings. The molecule has 2 atom stereocenters. The molecule has 1 N–H and O–H groups in total. The van der Waals surface area contributed by atoms with Crippen LogP contribution in [-0.2, 0) is 22.5 Å². The van der Waals surface area contributed by atoms with Crippen molar-refractivity contribution in [2.75, 3.05) is 11.9 Å². The van der Waals surface area contributed by atoms with E-state index in [1.165, 1.54) is 10.4 Å². The second kappa shape index (κ2) is 17.7. The van der Waals surface area contributed by atoms with Crippen LogP contribution in [0.3, 0.4) is 0 Å². The van der Waals surface area contributed by atoms with Gasteiger partial charge in [-0.05, 0) is 63.1 Å². The molecule has 0 radical (unpaired) electrons. The van der Waals surface area contributed by atoms with Crippen molar-refractivity contribution in [2.24, 2.45) is 0 Å². The minimum Gasteiger partial charge on any atom is -0.471 e.